The van der Waals surface area contributed by atoms with Gasteiger partial charge in [0.1, 0.15) is 0 Å². The average molecular weight is 277 g/mol. The fourth-order valence-corrected chi connectivity index (χ4v) is 2.22. The second-order valence-corrected chi connectivity index (χ2v) is 4.70. The zero-order valence-corrected chi connectivity index (χ0v) is 11.9. The molecule has 0 aliphatic carbocycles. The highest BCUT2D eigenvalue weighted by atomic mass is 35.5. The smallest absolute Gasteiger partial charge is 0.179 e. The third kappa shape index (κ3) is 3.97. The number of methoxy groups -OCH3 is 1. The first-order chi connectivity index (χ1) is 8.12. The molecule has 0 aromatic heterocycles. The van der Waals surface area contributed by atoms with E-state index in [1.165, 1.54) is 0 Å². The highest BCUT2D eigenvalue weighted by Crippen LogP contribution is 2.38. The van der Waals surface area contributed by atoms with Crippen LogP contribution in [0.25, 0.3) is 0 Å². The number of ether oxygens (including phenoxy) is 2. The minimum Gasteiger partial charge on any atom is -0.491 e. The number of hydrogen-bond acceptors (Lipinski definition) is 2. The number of hydrogen-bond donors (Lipinski definition) is 0. The number of rotatable bonds is 6. The molecular weight excluding hydrogens is 259 g/mol. The molecule has 17 heavy (non-hydrogen) atoms. The average Bonchev–Trinajstić information content (AvgIpc) is 2.28. The normalized spacial score (nSPS) is 12.3. The van der Waals surface area contributed by atoms with Crippen molar-refractivity contribution in [3.05, 3.63) is 22.2 Å². The molecule has 1 aromatic carbocycles. The van der Waals surface area contributed by atoms with Crippen molar-refractivity contribution < 1.29 is 9.47 Å². The van der Waals surface area contributed by atoms with E-state index in [2.05, 4.69) is 13.8 Å². The third-order valence-electron chi connectivity index (χ3n) is 2.54. The highest BCUT2D eigenvalue weighted by molar-refractivity contribution is 6.35. The van der Waals surface area contributed by atoms with Crippen molar-refractivity contribution in [2.75, 3.05) is 7.11 Å². The Labute approximate surface area is 113 Å². The highest BCUT2D eigenvalue weighted by Gasteiger charge is 2.15. The quantitative estimate of drug-likeness (QED) is 0.731. The number of benzene rings is 1. The molecule has 0 N–H and O–H groups in total. The van der Waals surface area contributed by atoms with Gasteiger partial charge in [-0.3, -0.25) is 0 Å². The Morgan fingerprint density at radius 1 is 1.24 bits per heavy atom. The fraction of sp³-hybridized carbons (Fsp3) is 0.538. The molecule has 0 amide bonds. The standard InChI is InChI=1S/C13H18Cl2O2/c1-4-6-10(5-2)17-12-8-9(14)7-11(15)13(12)16-3/h7-8,10H,4-6H2,1-3H3. The first-order valence-electron chi connectivity index (χ1n) is 5.82. The second-order valence-electron chi connectivity index (χ2n) is 3.86. The van der Waals surface area contributed by atoms with Crippen LogP contribution in [-0.4, -0.2) is 13.2 Å². The van der Waals surface area contributed by atoms with Crippen molar-refractivity contribution in [2.24, 2.45) is 0 Å². The monoisotopic (exact) mass is 276 g/mol. The maximum absolute atomic E-state index is 6.05. The van der Waals surface area contributed by atoms with Crippen molar-refractivity contribution in [3.8, 4) is 11.5 Å². The van der Waals surface area contributed by atoms with Crippen molar-refractivity contribution in [2.45, 2.75) is 39.2 Å². The first kappa shape index (κ1) is 14.5. The van der Waals surface area contributed by atoms with Gasteiger partial charge in [-0.05, 0) is 18.9 Å². The van der Waals surface area contributed by atoms with E-state index < -0.39 is 0 Å². The van der Waals surface area contributed by atoms with Gasteiger partial charge in [0.05, 0.1) is 18.2 Å². The fourth-order valence-electron chi connectivity index (χ4n) is 1.67. The summed E-state index contributed by atoms with van der Waals surface area (Å²) in [6.45, 7) is 4.23. The van der Waals surface area contributed by atoms with Gasteiger partial charge in [-0.25, -0.2) is 0 Å². The van der Waals surface area contributed by atoms with E-state index in [-0.39, 0.29) is 6.10 Å². The zero-order valence-electron chi connectivity index (χ0n) is 10.4. The molecule has 1 atom stereocenters. The summed E-state index contributed by atoms with van der Waals surface area (Å²) in [6, 6.07) is 3.39. The molecule has 1 unspecified atom stereocenters. The van der Waals surface area contributed by atoms with Crippen molar-refractivity contribution in [1.82, 2.24) is 0 Å². The Hall–Kier alpha value is -0.600. The van der Waals surface area contributed by atoms with Gasteiger partial charge < -0.3 is 9.47 Å². The molecule has 0 aliphatic heterocycles. The summed E-state index contributed by atoms with van der Waals surface area (Å²) in [6.07, 6.45) is 3.20. The Kier molecular flexibility index (Phi) is 5.93. The number of halogens is 2. The maximum Gasteiger partial charge on any atom is 0.179 e. The second kappa shape index (κ2) is 6.97. The molecule has 4 heteroatoms. The SMILES string of the molecule is CCCC(CC)Oc1cc(Cl)cc(Cl)c1OC. The molecule has 0 saturated carbocycles. The van der Waals surface area contributed by atoms with Crippen LogP contribution in [0.3, 0.4) is 0 Å². The summed E-state index contributed by atoms with van der Waals surface area (Å²) in [7, 11) is 1.57. The van der Waals surface area contributed by atoms with E-state index in [0.29, 0.717) is 21.5 Å². The van der Waals surface area contributed by atoms with Gasteiger partial charge in [0, 0.05) is 11.1 Å². The van der Waals surface area contributed by atoms with Crippen molar-refractivity contribution >= 4 is 23.2 Å². The lowest BCUT2D eigenvalue weighted by Crippen LogP contribution is -2.15. The Morgan fingerprint density at radius 2 is 1.94 bits per heavy atom. The molecule has 2 nitrogen and oxygen atoms in total. The lowest BCUT2D eigenvalue weighted by Gasteiger charge is -2.19. The summed E-state index contributed by atoms with van der Waals surface area (Å²) >= 11 is 12.0. The van der Waals surface area contributed by atoms with E-state index in [1.54, 1.807) is 19.2 Å². The maximum atomic E-state index is 6.05. The van der Waals surface area contributed by atoms with E-state index in [0.717, 1.165) is 19.3 Å². The zero-order chi connectivity index (χ0) is 12.8. The van der Waals surface area contributed by atoms with Gasteiger partial charge in [-0.2, -0.15) is 0 Å². The van der Waals surface area contributed by atoms with Crippen LogP contribution in [-0.2, 0) is 0 Å². The van der Waals surface area contributed by atoms with Crippen LogP contribution in [0.4, 0.5) is 0 Å². The van der Waals surface area contributed by atoms with Gasteiger partial charge >= 0.3 is 0 Å². The molecule has 0 radical (unpaired) electrons. The van der Waals surface area contributed by atoms with Crippen LogP contribution in [0.15, 0.2) is 12.1 Å². The van der Waals surface area contributed by atoms with Crippen LogP contribution in [0.2, 0.25) is 10.0 Å². The summed E-state index contributed by atoms with van der Waals surface area (Å²) in [4.78, 5) is 0. The molecule has 1 aromatic rings. The van der Waals surface area contributed by atoms with Crippen LogP contribution in [0.1, 0.15) is 33.1 Å². The Balaban J connectivity index is 2.95. The molecular formula is C13H18Cl2O2. The van der Waals surface area contributed by atoms with Crippen LogP contribution in [0, 0.1) is 0 Å². The van der Waals surface area contributed by atoms with Gasteiger partial charge in [0.15, 0.2) is 11.5 Å². The molecule has 0 saturated heterocycles. The summed E-state index contributed by atoms with van der Waals surface area (Å²) < 4.78 is 11.1. The summed E-state index contributed by atoms with van der Waals surface area (Å²) in [5, 5.41) is 1.03. The summed E-state index contributed by atoms with van der Waals surface area (Å²) in [5.74, 6) is 1.16. The largest absolute Gasteiger partial charge is 0.491 e. The molecule has 0 aliphatic rings. The van der Waals surface area contributed by atoms with E-state index in [9.17, 15) is 0 Å². The van der Waals surface area contributed by atoms with E-state index in [4.69, 9.17) is 32.7 Å². The van der Waals surface area contributed by atoms with E-state index in [1.807, 2.05) is 0 Å². The Bertz CT molecular complexity index is 367. The predicted molar refractivity (Wildman–Crippen MR) is 72.6 cm³/mol. The van der Waals surface area contributed by atoms with Crippen LogP contribution in [0.5, 0.6) is 11.5 Å². The van der Waals surface area contributed by atoms with Crippen LogP contribution < -0.4 is 9.47 Å². The first-order valence-corrected chi connectivity index (χ1v) is 6.57. The van der Waals surface area contributed by atoms with Crippen LogP contribution >= 0.6 is 23.2 Å². The molecule has 96 valence electrons. The van der Waals surface area contributed by atoms with Crippen molar-refractivity contribution in [3.63, 3.8) is 0 Å². The van der Waals surface area contributed by atoms with Gasteiger partial charge in [-0.15, -0.1) is 0 Å². The topological polar surface area (TPSA) is 18.5 Å². The summed E-state index contributed by atoms with van der Waals surface area (Å²) in [5.41, 5.74) is 0. The van der Waals surface area contributed by atoms with Gasteiger partial charge in [-0.1, -0.05) is 43.5 Å². The molecule has 0 spiro atoms. The molecule has 0 heterocycles. The van der Waals surface area contributed by atoms with E-state index >= 15 is 0 Å². The minimum absolute atomic E-state index is 0.170. The van der Waals surface area contributed by atoms with Gasteiger partial charge in [0.25, 0.3) is 0 Å². The molecule has 0 bridgehead atoms. The molecule has 1 rings (SSSR count). The lowest BCUT2D eigenvalue weighted by molar-refractivity contribution is 0.178. The van der Waals surface area contributed by atoms with Crippen molar-refractivity contribution in [1.29, 1.82) is 0 Å². The lowest BCUT2D eigenvalue weighted by atomic mass is 10.1. The third-order valence-corrected chi connectivity index (χ3v) is 3.04. The Morgan fingerprint density at radius 3 is 2.47 bits per heavy atom. The predicted octanol–water partition coefficient (Wildman–Crippen LogP) is 4.96. The van der Waals surface area contributed by atoms with Gasteiger partial charge in [0.2, 0.25) is 0 Å². The minimum atomic E-state index is 0.170. The molecule has 0 fully saturated rings.